The normalized spacial score (nSPS) is 13.8. The highest BCUT2D eigenvalue weighted by Gasteiger charge is 2.35. The summed E-state index contributed by atoms with van der Waals surface area (Å²) in [5.74, 6) is 0. The molecule has 0 aromatic carbocycles. The van der Waals surface area contributed by atoms with E-state index in [-0.39, 0.29) is 11.6 Å². The van der Waals surface area contributed by atoms with Gasteiger partial charge < -0.3 is 10.6 Å². The zero-order chi connectivity index (χ0) is 14.5. The molecule has 3 heteroatoms. The maximum atomic E-state index is 6.50. The average Bonchev–Trinajstić information content (AvgIpc) is 2.41. The van der Waals surface area contributed by atoms with Crippen molar-refractivity contribution in [3.05, 3.63) is 29.6 Å². The molecule has 108 valence electrons. The molecular formula is C16H29N3. The molecule has 0 aliphatic heterocycles. The van der Waals surface area contributed by atoms with Crippen molar-refractivity contribution in [1.29, 1.82) is 0 Å². The van der Waals surface area contributed by atoms with Gasteiger partial charge in [-0.25, -0.2) is 0 Å². The Kier molecular flexibility index (Phi) is 5.95. The number of hydrogen-bond donors (Lipinski definition) is 1. The SMILES string of the molecule is CCc1ccc(CC(N)C(CC)(CC)N(C)C)nc1. The van der Waals surface area contributed by atoms with Crippen molar-refractivity contribution in [3.8, 4) is 0 Å². The molecule has 1 aromatic rings. The summed E-state index contributed by atoms with van der Waals surface area (Å²) in [5, 5.41) is 0. The van der Waals surface area contributed by atoms with Gasteiger partial charge in [-0.3, -0.25) is 4.98 Å². The van der Waals surface area contributed by atoms with Gasteiger partial charge in [-0.15, -0.1) is 0 Å². The van der Waals surface area contributed by atoms with E-state index < -0.39 is 0 Å². The number of nitrogens with two attached hydrogens (primary N) is 1. The molecule has 1 atom stereocenters. The maximum Gasteiger partial charge on any atom is 0.0419 e. The van der Waals surface area contributed by atoms with Gasteiger partial charge in [-0.2, -0.15) is 0 Å². The van der Waals surface area contributed by atoms with Gasteiger partial charge in [0.15, 0.2) is 0 Å². The Hall–Kier alpha value is -0.930. The first kappa shape index (κ1) is 16.1. The predicted molar refractivity (Wildman–Crippen MR) is 82.3 cm³/mol. The van der Waals surface area contributed by atoms with E-state index >= 15 is 0 Å². The largest absolute Gasteiger partial charge is 0.326 e. The highest BCUT2D eigenvalue weighted by Crippen LogP contribution is 2.26. The van der Waals surface area contributed by atoms with Crippen molar-refractivity contribution in [2.75, 3.05) is 14.1 Å². The molecule has 19 heavy (non-hydrogen) atoms. The minimum Gasteiger partial charge on any atom is -0.326 e. The first-order valence-corrected chi connectivity index (χ1v) is 7.36. The molecule has 1 aromatic heterocycles. The van der Waals surface area contributed by atoms with Gasteiger partial charge in [0.05, 0.1) is 0 Å². The summed E-state index contributed by atoms with van der Waals surface area (Å²) < 4.78 is 0. The molecular weight excluding hydrogens is 234 g/mol. The Morgan fingerprint density at radius 1 is 1.21 bits per heavy atom. The van der Waals surface area contributed by atoms with Gasteiger partial charge in [-0.05, 0) is 45.0 Å². The quantitative estimate of drug-likeness (QED) is 0.822. The summed E-state index contributed by atoms with van der Waals surface area (Å²) in [5.41, 5.74) is 8.93. The van der Waals surface area contributed by atoms with Crippen LogP contribution in [0.25, 0.3) is 0 Å². The highest BCUT2D eigenvalue weighted by atomic mass is 15.2. The monoisotopic (exact) mass is 263 g/mol. The number of nitrogens with zero attached hydrogens (tertiary/aromatic N) is 2. The van der Waals surface area contributed by atoms with Crippen LogP contribution < -0.4 is 5.73 Å². The number of aromatic nitrogens is 1. The summed E-state index contributed by atoms with van der Waals surface area (Å²) >= 11 is 0. The van der Waals surface area contributed by atoms with Crippen LogP contribution in [-0.4, -0.2) is 35.6 Å². The fourth-order valence-corrected chi connectivity index (χ4v) is 2.94. The van der Waals surface area contributed by atoms with Gasteiger partial charge in [-0.1, -0.05) is 26.8 Å². The summed E-state index contributed by atoms with van der Waals surface area (Å²) in [6.45, 7) is 6.58. The molecule has 0 aliphatic rings. The fourth-order valence-electron chi connectivity index (χ4n) is 2.94. The summed E-state index contributed by atoms with van der Waals surface area (Å²) in [6.07, 6.45) is 5.96. The van der Waals surface area contributed by atoms with Crippen molar-refractivity contribution in [2.45, 2.75) is 58.0 Å². The summed E-state index contributed by atoms with van der Waals surface area (Å²) in [7, 11) is 4.25. The molecule has 0 bridgehead atoms. The van der Waals surface area contributed by atoms with Gasteiger partial charge in [0, 0.05) is 29.9 Å². The molecule has 0 saturated carbocycles. The third kappa shape index (κ3) is 3.54. The molecule has 0 spiro atoms. The third-order valence-corrected chi connectivity index (χ3v) is 4.53. The fraction of sp³-hybridized carbons (Fsp3) is 0.688. The molecule has 3 nitrogen and oxygen atoms in total. The summed E-state index contributed by atoms with van der Waals surface area (Å²) in [6, 6.07) is 4.38. The number of aryl methyl sites for hydroxylation is 1. The lowest BCUT2D eigenvalue weighted by atomic mass is 9.81. The smallest absolute Gasteiger partial charge is 0.0419 e. The van der Waals surface area contributed by atoms with Crippen molar-refractivity contribution in [2.24, 2.45) is 5.73 Å². The van der Waals surface area contributed by atoms with Crippen molar-refractivity contribution in [3.63, 3.8) is 0 Å². The van der Waals surface area contributed by atoms with Gasteiger partial charge in [0.2, 0.25) is 0 Å². The zero-order valence-corrected chi connectivity index (χ0v) is 13.1. The van der Waals surface area contributed by atoms with E-state index in [0.29, 0.717) is 0 Å². The topological polar surface area (TPSA) is 42.1 Å². The lowest BCUT2D eigenvalue weighted by molar-refractivity contribution is 0.105. The molecule has 0 fully saturated rings. The van der Waals surface area contributed by atoms with E-state index in [1.54, 1.807) is 0 Å². The third-order valence-electron chi connectivity index (χ3n) is 4.53. The van der Waals surface area contributed by atoms with E-state index in [1.807, 2.05) is 6.20 Å². The van der Waals surface area contributed by atoms with Crippen LogP contribution in [0, 0.1) is 0 Å². The van der Waals surface area contributed by atoms with E-state index in [1.165, 1.54) is 5.56 Å². The lowest BCUT2D eigenvalue weighted by Gasteiger charge is -2.43. The second-order valence-corrected chi connectivity index (χ2v) is 5.53. The van der Waals surface area contributed by atoms with E-state index in [2.05, 4.69) is 56.9 Å². The summed E-state index contributed by atoms with van der Waals surface area (Å²) in [4.78, 5) is 6.81. The van der Waals surface area contributed by atoms with Crippen LogP contribution in [-0.2, 0) is 12.8 Å². The van der Waals surface area contributed by atoms with E-state index in [9.17, 15) is 0 Å². The predicted octanol–water partition coefficient (Wildman–Crippen LogP) is 2.63. The highest BCUT2D eigenvalue weighted by molar-refractivity contribution is 5.15. The van der Waals surface area contributed by atoms with Crippen LogP contribution in [0.15, 0.2) is 18.3 Å². The molecule has 0 radical (unpaired) electrons. The molecule has 2 N–H and O–H groups in total. The Morgan fingerprint density at radius 3 is 2.21 bits per heavy atom. The minimum absolute atomic E-state index is 0.0606. The first-order valence-electron chi connectivity index (χ1n) is 7.36. The second kappa shape index (κ2) is 7.01. The van der Waals surface area contributed by atoms with Crippen LogP contribution in [0.4, 0.5) is 0 Å². The Balaban J connectivity index is 2.83. The van der Waals surface area contributed by atoms with Crippen LogP contribution in [0.1, 0.15) is 44.9 Å². The van der Waals surface area contributed by atoms with Crippen molar-refractivity contribution < 1.29 is 0 Å². The van der Waals surface area contributed by atoms with Crippen molar-refractivity contribution >= 4 is 0 Å². The van der Waals surface area contributed by atoms with Crippen LogP contribution in [0.5, 0.6) is 0 Å². The van der Waals surface area contributed by atoms with E-state index in [4.69, 9.17) is 5.73 Å². The minimum atomic E-state index is 0.0606. The first-order chi connectivity index (χ1) is 9.00. The van der Waals surface area contributed by atoms with Crippen molar-refractivity contribution in [1.82, 2.24) is 9.88 Å². The van der Waals surface area contributed by atoms with Crippen LogP contribution in [0.3, 0.4) is 0 Å². The molecule has 0 aliphatic carbocycles. The van der Waals surface area contributed by atoms with Crippen LogP contribution >= 0.6 is 0 Å². The Morgan fingerprint density at radius 2 is 1.84 bits per heavy atom. The van der Waals surface area contributed by atoms with E-state index in [0.717, 1.165) is 31.4 Å². The van der Waals surface area contributed by atoms with Gasteiger partial charge in [0.25, 0.3) is 0 Å². The van der Waals surface area contributed by atoms with Crippen LogP contribution in [0.2, 0.25) is 0 Å². The van der Waals surface area contributed by atoms with Gasteiger partial charge >= 0.3 is 0 Å². The maximum absolute atomic E-state index is 6.50. The lowest BCUT2D eigenvalue weighted by Crippen LogP contribution is -2.57. The standard InChI is InChI=1S/C16H29N3/c1-6-13-9-10-14(18-12-13)11-15(17)16(7-2,8-3)19(4)5/h9-10,12,15H,6-8,11,17H2,1-5H3. The molecule has 1 unspecified atom stereocenters. The second-order valence-electron chi connectivity index (χ2n) is 5.53. The number of likely N-dealkylation sites (N-methyl/N-ethyl adjacent to an activating group) is 1. The molecule has 1 rings (SSSR count). The number of pyridine rings is 1. The Bertz CT molecular complexity index is 366. The molecule has 0 saturated heterocycles. The number of hydrogen-bond acceptors (Lipinski definition) is 3. The molecule has 1 heterocycles. The zero-order valence-electron chi connectivity index (χ0n) is 13.1. The van der Waals surface area contributed by atoms with Gasteiger partial charge in [0.1, 0.15) is 0 Å². The Labute approximate surface area is 118 Å². The molecule has 0 amide bonds. The average molecular weight is 263 g/mol. The number of rotatable bonds is 7.